The Hall–Kier alpha value is -1.26. The normalized spacial score (nSPS) is 14.8. The number of hydrogen-bond donors (Lipinski definition) is 1. The van der Waals surface area contributed by atoms with E-state index in [1.165, 1.54) is 22.6 Å². The van der Waals surface area contributed by atoms with Crippen molar-refractivity contribution in [1.82, 2.24) is 4.90 Å². The van der Waals surface area contributed by atoms with Gasteiger partial charge in [-0.2, -0.15) is 0 Å². The fourth-order valence-corrected chi connectivity index (χ4v) is 2.58. The van der Waals surface area contributed by atoms with Crippen LogP contribution in [0.4, 0.5) is 0 Å². The van der Waals surface area contributed by atoms with Crippen LogP contribution in [0.2, 0.25) is 0 Å². The maximum Gasteiger partial charge on any atom is 0.0511 e. The third-order valence-electron chi connectivity index (χ3n) is 4.10. The monoisotopic (exact) mass is 348 g/mol. The van der Waals surface area contributed by atoms with E-state index in [0.29, 0.717) is 5.92 Å². The summed E-state index contributed by atoms with van der Waals surface area (Å²) in [5, 5.41) is 0. The summed E-state index contributed by atoms with van der Waals surface area (Å²) < 4.78 is 0. The van der Waals surface area contributed by atoms with Crippen molar-refractivity contribution in [2.45, 2.75) is 60.8 Å². The minimum Gasteiger partial charge on any atom is -0.330 e. The highest BCUT2D eigenvalue weighted by molar-refractivity contribution is 6.01. The minimum atomic E-state index is 0.537. The highest BCUT2D eigenvalue weighted by Gasteiger charge is 2.11. The van der Waals surface area contributed by atoms with Gasteiger partial charge in [0.1, 0.15) is 0 Å². The average molecular weight is 349 g/mol. The Kier molecular flexibility index (Phi) is 13.3. The lowest BCUT2D eigenvalue weighted by Gasteiger charge is -2.24. The number of hydrogen-bond acceptors (Lipinski definition) is 4. The lowest BCUT2D eigenvalue weighted by atomic mass is 10.1. The first-order valence-electron chi connectivity index (χ1n) is 9.59. The van der Waals surface area contributed by atoms with Crippen molar-refractivity contribution in [3.05, 3.63) is 23.4 Å². The van der Waals surface area contributed by atoms with Crippen LogP contribution in [-0.4, -0.2) is 49.5 Å². The molecule has 0 aliphatic heterocycles. The molecule has 0 saturated heterocycles. The molecule has 0 bridgehead atoms. The van der Waals surface area contributed by atoms with Crippen molar-refractivity contribution >= 4 is 11.4 Å². The van der Waals surface area contributed by atoms with E-state index in [-0.39, 0.29) is 0 Å². The average Bonchev–Trinajstić information content (AvgIpc) is 2.56. The molecule has 0 aliphatic carbocycles. The van der Waals surface area contributed by atoms with Crippen molar-refractivity contribution in [3.8, 4) is 0 Å². The molecule has 2 N–H and O–H groups in total. The van der Waals surface area contributed by atoms with Crippen molar-refractivity contribution in [2.24, 2.45) is 21.6 Å². The Morgan fingerprint density at radius 3 is 2.32 bits per heavy atom. The highest BCUT2D eigenvalue weighted by atomic mass is 15.1. The number of allylic oxidation sites excluding steroid dienone is 1. The largest absolute Gasteiger partial charge is 0.330 e. The fraction of sp³-hybridized carbons (Fsp3) is 0.714. The third-order valence-corrected chi connectivity index (χ3v) is 4.10. The molecule has 25 heavy (non-hydrogen) atoms. The van der Waals surface area contributed by atoms with Crippen LogP contribution in [0.5, 0.6) is 0 Å². The zero-order valence-electron chi connectivity index (χ0n) is 17.6. The number of unbranched alkanes of at least 4 members (excludes halogenated alkanes) is 1. The van der Waals surface area contributed by atoms with Gasteiger partial charge in [0.05, 0.1) is 5.71 Å². The van der Waals surface area contributed by atoms with Gasteiger partial charge in [-0.1, -0.05) is 26.8 Å². The smallest absolute Gasteiger partial charge is 0.0511 e. The van der Waals surface area contributed by atoms with E-state index in [1.54, 1.807) is 0 Å². The van der Waals surface area contributed by atoms with Crippen molar-refractivity contribution < 1.29 is 0 Å². The van der Waals surface area contributed by atoms with Gasteiger partial charge < -0.3 is 5.73 Å². The first kappa shape index (κ1) is 23.7. The number of aliphatic imine (C=N–C) groups is 2. The molecule has 0 saturated carbocycles. The molecule has 4 heteroatoms. The Morgan fingerprint density at radius 1 is 1.12 bits per heavy atom. The van der Waals surface area contributed by atoms with Crippen LogP contribution < -0.4 is 5.73 Å². The molecule has 144 valence electrons. The predicted molar refractivity (Wildman–Crippen MR) is 114 cm³/mol. The Bertz CT molecular complexity index is 484. The molecule has 4 nitrogen and oxygen atoms in total. The van der Waals surface area contributed by atoms with Crippen LogP contribution in [0.15, 0.2) is 33.4 Å². The van der Waals surface area contributed by atoms with Gasteiger partial charge in [-0.05, 0) is 70.2 Å². The van der Waals surface area contributed by atoms with Gasteiger partial charge in [0.25, 0.3) is 0 Å². The van der Waals surface area contributed by atoms with Crippen LogP contribution in [0.3, 0.4) is 0 Å². The summed E-state index contributed by atoms with van der Waals surface area (Å²) in [6.45, 7) is 16.5. The lowest BCUT2D eigenvalue weighted by molar-refractivity contribution is 0.329. The van der Waals surface area contributed by atoms with E-state index in [2.05, 4.69) is 62.5 Å². The quantitative estimate of drug-likeness (QED) is 0.418. The zero-order chi connectivity index (χ0) is 19.2. The molecule has 0 amide bonds. The second-order valence-electron chi connectivity index (χ2n) is 7.16. The van der Waals surface area contributed by atoms with Crippen molar-refractivity contribution in [3.63, 3.8) is 0 Å². The standard InChI is InChI=1S/C21H40N4/c1-8-20(6)24-14-18(4)15-25(12-10-9-11-22)16-21(23-7)19(5)13-17(2)3/h13-14,17H,8-12,15-16,22H2,1-7H3/b18-14+,19-13-,23-21?,24-20?. The first-order valence-corrected chi connectivity index (χ1v) is 9.59. The topological polar surface area (TPSA) is 54.0 Å². The molecule has 0 atom stereocenters. The number of nitrogens with two attached hydrogens (primary N) is 1. The van der Waals surface area contributed by atoms with Crippen molar-refractivity contribution in [2.75, 3.05) is 33.2 Å². The number of nitrogens with zero attached hydrogens (tertiary/aromatic N) is 3. The molecule has 0 spiro atoms. The molecule has 0 aromatic heterocycles. The van der Waals surface area contributed by atoms with E-state index in [9.17, 15) is 0 Å². The van der Waals surface area contributed by atoms with Gasteiger partial charge in [0.15, 0.2) is 0 Å². The van der Waals surface area contributed by atoms with Crippen LogP contribution in [0.1, 0.15) is 60.8 Å². The van der Waals surface area contributed by atoms with Crippen LogP contribution in [0, 0.1) is 5.92 Å². The summed E-state index contributed by atoms with van der Waals surface area (Å²) in [7, 11) is 1.89. The molecule has 0 aromatic rings. The van der Waals surface area contributed by atoms with Gasteiger partial charge in [-0.3, -0.25) is 14.9 Å². The maximum absolute atomic E-state index is 5.66. The first-order chi connectivity index (χ1) is 11.8. The van der Waals surface area contributed by atoms with E-state index < -0.39 is 0 Å². The second-order valence-corrected chi connectivity index (χ2v) is 7.16. The fourth-order valence-electron chi connectivity index (χ4n) is 2.58. The summed E-state index contributed by atoms with van der Waals surface area (Å²) in [5.41, 5.74) is 10.6. The van der Waals surface area contributed by atoms with Gasteiger partial charge in [0, 0.05) is 32.0 Å². The van der Waals surface area contributed by atoms with E-state index >= 15 is 0 Å². The molecule has 0 aliphatic rings. The molecule has 0 aromatic carbocycles. The molecule has 0 fully saturated rings. The van der Waals surface area contributed by atoms with E-state index in [1.807, 2.05) is 13.2 Å². The zero-order valence-corrected chi connectivity index (χ0v) is 17.6. The third kappa shape index (κ3) is 11.8. The van der Waals surface area contributed by atoms with E-state index in [4.69, 9.17) is 5.73 Å². The van der Waals surface area contributed by atoms with Crippen LogP contribution in [0.25, 0.3) is 0 Å². The summed E-state index contributed by atoms with van der Waals surface area (Å²) in [4.78, 5) is 11.5. The molecule has 0 radical (unpaired) electrons. The van der Waals surface area contributed by atoms with Gasteiger partial charge in [0.2, 0.25) is 0 Å². The predicted octanol–water partition coefficient (Wildman–Crippen LogP) is 4.48. The SMILES string of the molecule is CCC(C)=N/C=C(\C)CN(CCCCN)CC(=NC)/C(C)=C\C(C)C. The lowest BCUT2D eigenvalue weighted by Crippen LogP contribution is -2.33. The highest BCUT2D eigenvalue weighted by Crippen LogP contribution is 2.09. The van der Waals surface area contributed by atoms with Gasteiger partial charge in [-0.25, -0.2) is 0 Å². The Balaban J connectivity index is 5.09. The van der Waals surface area contributed by atoms with Gasteiger partial charge >= 0.3 is 0 Å². The molecular formula is C21H40N4. The maximum atomic E-state index is 5.66. The Labute approximate surface area is 156 Å². The minimum absolute atomic E-state index is 0.537. The summed E-state index contributed by atoms with van der Waals surface area (Å²) in [6.07, 6.45) is 7.47. The van der Waals surface area contributed by atoms with Crippen LogP contribution in [-0.2, 0) is 0 Å². The van der Waals surface area contributed by atoms with E-state index in [0.717, 1.165) is 45.4 Å². The number of rotatable bonds is 12. The molecule has 0 heterocycles. The Morgan fingerprint density at radius 2 is 1.80 bits per heavy atom. The van der Waals surface area contributed by atoms with Crippen molar-refractivity contribution in [1.29, 1.82) is 0 Å². The van der Waals surface area contributed by atoms with Gasteiger partial charge in [-0.15, -0.1) is 0 Å². The summed E-state index contributed by atoms with van der Waals surface area (Å²) >= 11 is 0. The summed E-state index contributed by atoms with van der Waals surface area (Å²) in [5.74, 6) is 0.537. The molecule has 0 unspecified atom stereocenters. The van der Waals surface area contributed by atoms with Crippen LogP contribution >= 0.6 is 0 Å². The second kappa shape index (κ2) is 14.0. The molecule has 0 rings (SSSR count). The molecular weight excluding hydrogens is 308 g/mol. The summed E-state index contributed by atoms with van der Waals surface area (Å²) in [6, 6.07) is 0.